The molecule has 0 atom stereocenters. The van der Waals surface area contributed by atoms with Gasteiger partial charge in [0, 0.05) is 17.3 Å². The average molecular weight is 205 g/mol. The first-order chi connectivity index (χ1) is 6.84. The van der Waals surface area contributed by atoms with E-state index in [1.807, 2.05) is 29.8 Å². The van der Waals surface area contributed by atoms with E-state index in [9.17, 15) is 0 Å². The maximum Gasteiger partial charge on any atom is 0.180 e. The third-order valence-corrected chi connectivity index (χ3v) is 2.66. The summed E-state index contributed by atoms with van der Waals surface area (Å²) < 4.78 is 0. The van der Waals surface area contributed by atoms with Crippen molar-refractivity contribution in [3.63, 3.8) is 0 Å². The zero-order valence-corrected chi connectivity index (χ0v) is 8.50. The molecular weight excluding hydrogens is 194 g/mol. The molecule has 2 aromatic rings. The fourth-order valence-electron chi connectivity index (χ4n) is 1.24. The summed E-state index contributed by atoms with van der Waals surface area (Å²) in [5, 5.41) is 2.64. The molecule has 0 aliphatic heterocycles. The Morgan fingerprint density at radius 3 is 2.71 bits per heavy atom. The third kappa shape index (κ3) is 2.29. The van der Waals surface area contributed by atoms with Crippen LogP contribution >= 0.6 is 11.3 Å². The SMILES string of the molecule is Nc1nc(CCc2ccccn2)cs1. The van der Waals surface area contributed by atoms with Crippen LogP contribution in [0.4, 0.5) is 5.13 Å². The molecule has 0 fully saturated rings. The Labute approximate surface area is 86.6 Å². The molecule has 0 aromatic carbocycles. The highest BCUT2D eigenvalue weighted by Gasteiger charge is 1.99. The van der Waals surface area contributed by atoms with Crippen LogP contribution in [0, 0.1) is 0 Å². The molecule has 2 N–H and O–H groups in total. The van der Waals surface area contributed by atoms with Crippen molar-refractivity contribution in [2.45, 2.75) is 12.8 Å². The molecule has 0 spiro atoms. The van der Waals surface area contributed by atoms with E-state index < -0.39 is 0 Å². The Bertz CT molecular complexity index is 397. The van der Waals surface area contributed by atoms with Crippen LogP contribution in [0.15, 0.2) is 29.8 Å². The topological polar surface area (TPSA) is 51.8 Å². The van der Waals surface area contributed by atoms with E-state index in [1.165, 1.54) is 11.3 Å². The van der Waals surface area contributed by atoms with Crippen molar-refractivity contribution < 1.29 is 0 Å². The van der Waals surface area contributed by atoms with E-state index in [0.717, 1.165) is 24.2 Å². The molecule has 2 aromatic heterocycles. The van der Waals surface area contributed by atoms with Crippen LogP contribution < -0.4 is 5.73 Å². The minimum Gasteiger partial charge on any atom is -0.375 e. The minimum absolute atomic E-state index is 0.640. The highest BCUT2D eigenvalue weighted by Crippen LogP contribution is 2.12. The molecule has 0 saturated carbocycles. The number of rotatable bonds is 3. The van der Waals surface area contributed by atoms with Gasteiger partial charge in [0.05, 0.1) is 5.69 Å². The summed E-state index contributed by atoms with van der Waals surface area (Å²) >= 11 is 1.49. The van der Waals surface area contributed by atoms with Gasteiger partial charge in [-0.3, -0.25) is 4.98 Å². The van der Waals surface area contributed by atoms with E-state index in [1.54, 1.807) is 0 Å². The van der Waals surface area contributed by atoms with Crippen molar-refractivity contribution in [2.24, 2.45) is 0 Å². The normalized spacial score (nSPS) is 10.3. The standard InChI is InChI=1S/C10H11N3S/c11-10-13-9(7-14-10)5-4-8-3-1-2-6-12-8/h1-3,6-7H,4-5H2,(H2,11,13). The van der Waals surface area contributed by atoms with Crippen molar-refractivity contribution in [3.8, 4) is 0 Å². The Hall–Kier alpha value is -1.42. The fourth-order valence-corrected chi connectivity index (χ4v) is 1.84. The molecule has 72 valence electrons. The maximum absolute atomic E-state index is 5.54. The van der Waals surface area contributed by atoms with Gasteiger partial charge >= 0.3 is 0 Å². The lowest BCUT2D eigenvalue weighted by Gasteiger charge is -1.96. The lowest BCUT2D eigenvalue weighted by Crippen LogP contribution is -1.94. The first kappa shape index (κ1) is 9.15. The van der Waals surface area contributed by atoms with Crippen LogP contribution in [0.25, 0.3) is 0 Å². The minimum atomic E-state index is 0.640. The molecular formula is C10H11N3S. The number of hydrogen-bond donors (Lipinski definition) is 1. The van der Waals surface area contributed by atoms with E-state index in [0.29, 0.717) is 5.13 Å². The van der Waals surface area contributed by atoms with Gasteiger partial charge < -0.3 is 5.73 Å². The van der Waals surface area contributed by atoms with Crippen LogP contribution in [0.5, 0.6) is 0 Å². The lowest BCUT2D eigenvalue weighted by molar-refractivity contribution is 0.890. The van der Waals surface area contributed by atoms with Crippen molar-refractivity contribution in [1.29, 1.82) is 0 Å². The summed E-state index contributed by atoms with van der Waals surface area (Å²) in [6, 6.07) is 5.94. The number of nitrogens with two attached hydrogens (primary N) is 1. The smallest absolute Gasteiger partial charge is 0.180 e. The van der Waals surface area contributed by atoms with Crippen LogP contribution in [-0.4, -0.2) is 9.97 Å². The van der Waals surface area contributed by atoms with Crippen LogP contribution in [0.2, 0.25) is 0 Å². The Morgan fingerprint density at radius 2 is 2.07 bits per heavy atom. The van der Waals surface area contributed by atoms with Gasteiger partial charge in [-0.05, 0) is 25.0 Å². The van der Waals surface area contributed by atoms with E-state index in [2.05, 4.69) is 9.97 Å². The van der Waals surface area contributed by atoms with E-state index >= 15 is 0 Å². The van der Waals surface area contributed by atoms with E-state index in [4.69, 9.17) is 5.73 Å². The van der Waals surface area contributed by atoms with Gasteiger partial charge in [0.25, 0.3) is 0 Å². The molecule has 2 heterocycles. The molecule has 0 amide bonds. The number of nitrogen functional groups attached to an aromatic ring is 1. The Morgan fingerprint density at radius 1 is 1.21 bits per heavy atom. The van der Waals surface area contributed by atoms with Crippen LogP contribution in [0.3, 0.4) is 0 Å². The van der Waals surface area contributed by atoms with Crippen LogP contribution in [-0.2, 0) is 12.8 Å². The summed E-state index contributed by atoms with van der Waals surface area (Å²) in [6.07, 6.45) is 3.64. The summed E-state index contributed by atoms with van der Waals surface area (Å²) in [5.74, 6) is 0. The molecule has 3 nitrogen and oxygen atoms in total. The average Bonchev–Trinajstić information content (AvgIpc) is 2.63. The molecule has 0 radical (unpaired) electrons. The lowest BCUT2D eigenvalue weighted by atomic mass is 10.2. The quantitative estimate of drug-likeness (QED) is 0.832. The second-order valence-corrected chi connectivity index (χ2v) is 3.89. The van der Waals surface area contributed by atoms with Gasteiger partial charge in [0.2, 0.25) is 0 Å². The number of aromatic nitrogens is 2. The van der Waals surface area contributed by atoms with Gasteiger partial charge in [-0.2, -0.15) is 0 Å². The predicted molar refractivity (Wildman–Crippen MR) is 58.2 cm³/mol. The molecule has 0 bridgehead atoms. The molecule has 2 rings (SSSR count). The zero-order valence-electron chi connectivity index (χ0n) is 7.68. The first-order valence-electron chi connectivity index (χ1n) is 4.44. The summed E-state index contributed by atoms with van der Waals surface area (Å²) in [7, 11) is 0. The monoisotopic (exact) mass is 205 g/mol. The second kappa shape index (κ2) is 4.19. The highest BCUT2D eigenvalue weighted by atomic mass is 32.1. The van der Waals surface area contributed by atoms with Gasteiger partial charge in [-0.25, -0.2) is 4.98 Å². The maximum atomic E-state index is 5.54. The Balaban J connectivity index is 1.95. The van der Waals surface area contributed by atoms with Gasteiger partial charge in [-0.15, -0.1) is 11.3 Å². The largest absolute Gasteiger partial charge is 0.375 e. The molecule has 0 aliphatic carbocycles. The van der Waals surface area contributed by atoms with Crippen molar-refractivity contribution >= 4 is 16.5 Å². The summed E-state index contributed by atoms with van der Waals surface area (Å²) in [5.41, 5.74) is 7.69. The zero-order chi connectivity index (χ0) is 9.80. The van der Waals surface area contributed by atoms with Crippen LogP contribution in [0.1, 0.15) is 11.4 Å². The number of anilines is 1. The van der Waals surface area contributed by atoms with Gasteiger partial charge in [0.15, 0.2) is 5.13 Å². The first-order valence-corrected chi connectivity index (χ1v) is 5.32. The second-order valence-electron chi connectivity index (χ2n) is 3.00. The number of pyridine rings is 1. The molecule has 4 heteroatoms. The predicted octanol–water partition coefficient (Wildman–Crippen LogP) is 1.91. The summed E-state index contributed by atoms with van der Waals surface area (Å²) in [6.45, 7) is 0. The van der Waals surface area contributed by atoms with Crippen molar-refractivity contribution in [2.75, 3.05) is 5.73 Å². The number of hydrogen-bond acceptors (Lipinski definition) is 4. The van der Waals surface area contributed by atoms with Crippen molar-refractivity contribution in [1.82, 2.24) is 9.97 Å². The number of aryl methyl sites for hydroxylation is 2. The fraction of sp³-hybridized carbons (Fsp3) is 0.200. The van der Waals surface area contributed by atoms with Gasteiger partial charge in [-0.1, -0.05) is 6.07 Å². The number of nitrogens with zero attached hydrogens (tertiary/aromatic N) is 2. The molecule has 0 aliphatic rings. The number of thiazole rings is 1. The molecule has 0 saturated heterocycles. The molecule has 0 unspecified atom stereocenters. The highest BCUT2D eigenvalue weighted by molar-refractivity contribution is 7.13. The summed E-state index contributed by atoms with van der Waals surface area (Å²) in [4.78, 5) is 8.44. The third-order valence-electron chi connectivity index (χ3n) is 1.93. The van der Waals surface area contributed by atoms with E-state index in [-0.39, 0.29) is 0 Å². The van der Waals surface area contributed by atoms with Gasteiger partial charge in [0.1, 0.15) is 0 Å². The van der Waals surface area contributed by atoms with Crippen molar-refractivity contribution in [3.05, 3.63) is 41.2 Å². The Kier molecular flexibility index (Phi) is 2.74. The molecule has 14 heavy (non-hydrogen) atoms.